The Bertz CT molecular complexity index is 1290. The Morgan fingerprint density at radius 1 is 1.08 bits per heavy atom. The summed E-state index contributed by atoms with van der Waals surface area (Å²) in [5.41, 5.74) is 4.73. The summed E-state index contributed by atoms with van der Waals surface area (Å²) in [6.07, 6.45) is 5.37. The van der Waals surface area contributed by atoms with Crippen molar-refractivity contribution in [2.75, 3.05) is 6.26 Å². The molecule has 0 bridgehead atoms. The highest BCUT2D eigenvalue weighted by Crippen LogP contribution is 2.32. The molecule has 6 nitrogen and oxygen atoms in total. The zero-order chi connectivity index (χ0) is 17.9. The molecule has 130 valence electrons. The van der Waals surface area contributed by atoms with Crippen LogP contribution in [0.25, 0.3) is 33.6 Å². The molecule has 5 rings (SSSR count). The van der Waals surface area contributed by atoms with Gasteiger partial charge in [0.1, 0.15) is 16.8 Å². The first-order valence-electron chi connectivity index (χ1n) is 8.38. The molecule has 0 saturated heterocycles. The maximum atomic E-state index is 12.2. The molecule has 7 heteroatoms. The van der Waals surface area contributed by atoms with Gasteiger partial charge in [0.15, 0.2) is 14.9 Å². The van der Waals surface area contributed by atoms with E-state index in [9.17, 15) is 8.42 Å². The van der Waals surface area contributed by atoms with Crippen LogP contribution in [-0.4, -0.2) is 29.6 Å². The van der Waals surface area contributed by atoms with Crippen molar-refractivity contribution in [3.05, 3.63) is 47.7 Å². The van der Waals surface area contributed by atoms with Crippen molar-refractivity contribution in [1.29, 1.82) is 0 Å². The molecular weight excluding hydrogens is 350 g/mol. The Morgan fingerprint density at radius 2 is 1.92 bits per heavy atom. The molecule has 0 fully saturated rings. The van der Waals surface area contributed by atoms with E-state index in [0.29, 0.717) is 22.6 Å². The molecule has 0 N–H and O–H groups in total. The standard InChI is InChI=1S/C19H15N3O3S/c1-26(23,24)19-12-7-4-5-11(12)9-14(22-19)15-10-20-17-13-6-2-3-8-16(13)25-18(17)21-15/h2-3,6,8-10H,4-5,7H2,1H3. The SMILES string of the molecule is CS(=O)(=O)c1nc(-c2cnc3c(n2)oc2ccccc23)cc2c1CCC2. The molecule has 0 amide bonds. The molecule has 1 aliphatic carbocycles. The molecule has 3 aromatic heterocycles. The predicted octanol–water partition coefficient (Wildman–Crippen LogP) is 3.33. The smallest absolute Gasteiger partial charge is 0.246 e. The molecule has 1 aliphatic rings. The molecule has 0 saturated carbocycles. The fourth-order valence-corrected chi connectivity index (χ4v) is 4.53. The lowest BCUT2D eigenvalue weighted by atomic mass is 10.1. The highest BCUT2D eigenvalue weighted by molar-refractivity contribution is 7.90. The Labute approximate surface area is 149 Å². The van der Waals surface area contributed by atoms with Crippen LogP contribution in [0.15, 0.2) is 46.0 Å². The highest BCUT2D eigenvalue weighted by Gasteiger charge is 2.24. The molecule has 3 heterocycles. The van der Waals surface area contributed by atoms with E-state index in [0.717, 1.165) is 41.4 Å². The molecule has 1 aromatic carbocycles. The van der Waals surface area contributed by atoms with Crippen LogP contribution in [-0.2, 0) is 22.7 Å². The lowest BCUT2D eigenvalue weighted by Crippen LogP contribution is -2.07. The van der Waals surface area contributed by atoms with Gasteiger partial charge in [-0.1, -0.05) is 12.1 Å². The summed E-state index contributed by atoms with van der Waals surface area (Å²) in [6.45, 7) is 0. The van der Waals surface area contributed by atoms with E-state index >= 15 is 0 Å². The fraction of sp³-hybridized carbons (Fsp3) is 0.211. The van der Waals surface area contributed by atoms with Crippen LogP contribution in [0, 0.1) is 0 Å². The van der Waals surface area contributed by atoms with Crippen LogP contribution < -0.4 is 0 Å². The van der Waals surface area contributed by atoms with Crippen molar-refractivity contribution in [3.8, 4) is 11.4 Å². The summed E-state index contributed by atoms with van der Waals surface area (Å²) in [4.78, 5) is 13.4. The number of aromatic nitrogens is 3. The Balaban J connectivity index is 1.74. The minimum absolute atomic E-state index is 0.161. The molecule has 0 radical (unpaired) electrons. The summed E-state index contributed by atoms with van der Waals surface area (Å²) < 4.78 is 30.2. The van der Waals surface area contributed by atoms with E-state index < -0.39 is 9.84 Å². The van der Waals surface area contributed by atoms with Crippen molar-refractivity contribution in [2.45, 2.75) is 24.3 Å². The van der Waals surface area contributed by atoms with Gasteiger partial charge in [-0.25, -0.2) is 23.4 Å². The number of hydrogen-bond acceptors (Lipinski definition) is 6. The first kappa shape index (κ1) is 15.5. The van der Waals surface area contributed by atoms with E-state index in [4.69, 9.17) is 4.42 Å². The average molecular weight is 365 g/mol. The van der Waals surface area contributed by atoms with Crippen LogP contribution in [0.2, 0.25) is 0 Å². The van der Waals surface area contributed by atoms with Crippen LogP contribution >= 0.6 is 0 Å². The van der Waals surface area contributed by atoms with E-state index in [2.05, 4.69) is 15.0 Å². The number of fused-ring (bicyclic) bond motifs is 4. The number of benzene rings is 1. The van der Waals surface area contributed by atoms with E-state index in [-0.39, 0.29) is 5.03 Å². The first-order chi connectivity index (χ1) is 12.5. The van der Waals surface area contributed by atoms with Gasteiger partial charge in [-0.3, -0.25) is 0 Å². The number of furan rings is 1. The molecule has 0 atom stereocenters. The van der Waals surface area contributed by atoms with Gasteiger partial charge in [-0.15, -0.1) is 0 Å². The number of para-hydroxylation sites is 1. The third-order valence-electron chi connectivity index (χ3n) is 4.75. The third kappa shape index (κ3) is 2.31. The van der Waals surface area contributed by atoms with E-state index in [1.54, 1.807) is 6.20 Å². The number of aryl methyl sites for hydroxylation is 1. The normalized spacial score (nSPS) is 14.2. The zero-order valence-electron chi connectivity index (χ0n) is 14.1. The van der Waals surface area contributed by atoms with Crippen molar-refractivity contribution >= 4 is 32.0 Å². The largest absolute Gasteiger partial charge is 0.436 e. The first-order valence-corrected chi connectivity index (χ1v) is 10.3. The van der Waals surface area contributed by atoms with Crippen molar-refractivity contribution in [1.82, 2.24) is 15.0 Å². The number of hydrogen-bond donors (Lipinski definition) is 0. The molecule has 26 heavy (non-hydrogen) atoms. The minimum Gasteiger partial charge on any atom is -0.436 e. The average Bonchev–Trinajstić information content (AvgIpc) is 3.23. The van der Waals surface area contributed by atoms with Gasteiger partial charge in [-0.05, 0) is 48.6 Å². The van der Waals surface area contributed by atoms with Crippen molar-refractivity contribution in [2.24, 2.45) is 0 Å². The lowest BCUT2D eigenvalue weighted by molar-refractivity contribution is 0.597. The summed E-state index contributed by atoms with van der Waals surface area (Å²) in [6, 6.07) is 9.55. The predicted molar refractivity (Wildman–Crippen MR) is 97.7 cm³/mol. The zero-order valence-corrected chi connectivity index (χ0v) is 14.9. The highest BCUT2D eigenvalue weighted by atomic mass is 32.2. The summed E-state index contributed by atoms with van der Waals surface area (Å²) in [5.74, 6) is 0. The fourth-order valence-electron chi connectivity index (χ4n) is 3.59. The molecule has 0 spiro atoms. The molecule has 0 aliphatic heterocycles. The summed E-state index contributed by atoms with van der Waals surface area (Å²) in [5, 5.41) is 1.06. The Hall–Kier alpha value is -2.80. The van der Waals surface area contributed by atoms with Gasteiger partial charge in [0.05, 0.1) is 11.9 Å². The van der Waals surface area contributed by atoms with Crippen LogP contribution in [0.5, 0.6) is 0 Å². The van der Waals surface area contributed by atoms with Crippen LogP contribution in [0.1, 0.15) is 17.5 Å². The Kier molecular flexibility index (Phi) is 3.18. The third-order valence-corrected chi connectivity index (χ3v) is 5.79. The van der Waals surface area contributed by atoms with Crippen molar-refractivity contribution < 1.29 is 12.8 Å². The van der Waals surface area contributed by atoms with Crippen molar-refractivity contribution in [3.63, 3.8) is 0 Å². The lowest BCUT2D eigenvalue weighted by Gasteiger charge is -2.09. The minimum atomic E-state index is -3.40. The van der Waals surface area contributed by atoms with Gasteiger partial charge in [0, 0.05) is 11.6 Å². The monoisotopic (exact) mass is 365 g/mol. The molecule has 4 aromatic rings. The van der Waals surface area contributed by atoms with Crippen LogP contribution in [0.3, 0.4) is 0 Å². The molecular formula is C19H15N3O3S. The number of pyridine rings is 1. The second-order valence-electron chi connectivity index (χ2n) is 6.58. The van der Waals surface area contributed by atoms with Gasteiger partial charge in [-0.2, -0.15) is 0 Å². The van der Waals surface area contributed by atoms with E-state index in [1.807, 2.05) is 30.3 Å². The number of rotatable bonds is 2. The maximum absolute atomic E-state index is 12.2. The van der Waals surface area contributed by atoms with Gasteiger partial charge >= 0.3 is 0 Å². The maximum Gasteiger partial charge on any atom is 0.246 e. The topological polar surface area (TPSA) is 86.0 Å². The second-order valence-corrected chi connectivity index (χ2v) is 8.51. The van der Waals surface area contributed by atoms with Crippen LogP contribution in [0.4, 0.5) is 0 Å². The molecule has 0 unspecified atom stereocenters. The quantitative estimate of drug-likeness (QED) is 0.542. The second kappa shape index (κ2) is 5.35. The Morgan fingerprint density at radius 3 is 2.77 bits per heavy atom. The number of nitrogens with zero attached hydrogens (tertiary/aromatic N) is 3. The number of sulfone groups is 1. The summed E-state index contributed by atoms with van der Waals surface area (Å²) >= 11 is 0. The van der Waals surface area contributed by atoms with Gasteiger partial charge < -0.3 is 4.42 Å². The van der Waals surface area contributed by atoms with Gasteiger partial charge in [0.2, 0.25) is 5.71 Å². The van der Waals surface area contributed by atoms with Gasteiger partial charge in [0.25, 0.3) is 0 Å². The van der Waals surface area contributed by atoms with E-state index in [1.165, 1.54) is 6.26 Å². The summed E-state index contributed by atoms with van der Waals surface area (Å²) in [7, 11) is -3.40.